The smallest absolute Gasteiger partial charge is 0.221 e. The van der Waals surface area contributed by atoms with Crippen molar-refractivity contribution in [3.63, 3.8) is 0 Å². The number of sulfone groups is 1. The van der Waals surface area contributed by atoms with E-state index in [9.17, 15) is 13.2 Å². The number of aromatic nitrogens is 1. The number of nitrogens with one attached hydrogen (secondary N) is 1. The van der Waals surface area contributed by atoms with Gasteiger partial charge in [0.1, 0.15) is 0 Å². The molecule has 0 fully saturated rings. The van der Waals surface area contributed by atoms with Crippen LogP contribution in [-0.2, 0) is 21.2 Å². The summed E-state index contributed by atoms with van der Waals surface area (Å²) < 4.78 is 35.0. The third-order valence-corrected chi connectivity index (χ3v) is 5.22. The van der Waals surface area contributed by atoms with E-state index in [4.69, 9.17) is 9.47 Å². The molecule has 0 atom stereocenters. The van der Waals surface area contributed by atoms with Crippen LogP contribution in [0.1, 0.15) is 12.1 Å². The highest BCUT2D eigenvalue weighted by Gasteiger charge is 2.18. The van der Waals surface area contributed by atoms with Crippen molar-refractivity contribution in [1.82, 2.24) is 10.3 Å². The molecule has 0 aliphatic rings. The van der Waals surface area contributed by atoms with Gasteiger partial charge in [0.25, 0.3) is 0 Å². The molecule has 1 N–H and O–H groups in total. The summed E-state index contributed by atoms with van der Waals surface area (Å²) in [7, 11) is -0.708. The first-order valence-corrected chi connectivity index (χ1v) is 9.23. The normalized spacial score (nSPS) is 11.0. The lowest BCUT2D eigenvalue weighted by Gasteiger charge is -2.10. The Morgan fingerprint density at radius 1 is 1.12 bits per heavy atom. The second-order valence-electron chi connectivity index (χ2n) is 5.18. The molecule has 1 aromatic heterocycles. The van der Waals surface area contributed by atoms with Gasteiger partial charge < -0.3 is 14.8 Å². The molecule has 7 nitrogen and oxygen atoms in total. The van der Waals surface area contributed by atoms with Crippen LogP contribution >= 0.6 is 0 Å². The summed E-state index contributed by atoms with van der Waals surface area (Å²) in [6.45, 7) is 0.260. The standard InChI is InChI=1S/C17H20N2O5S/c1-23-15-7-6-14(11-16(15)24-2)25(21,22)10-8-17(20)19-12-13-5-3-4-9-18-13/h3-7,9,11H,8,10,12H2,1-2H3,(H,19,20). The summed E-state index contributed by atoms with van der Waals surface area (Å²) in [6.07, 6.45) is 1.49. The van der Waals surface area contributed by atoms with Gasteiger partial charge in [-0.15, -0.1) is 0 Å². The predicted molar refractivity (Wildman–Crippen MR) is 92.3 cm³/mol. The third-order valence-electron chi connectivity index (χ3n) is 3.50. The fraction of sp³-hybridized carbons (Fsp3) is 0.294. The number of amides is 1. The average molecular weight is 364 g/mol. The van der Waals surface area contributed by atoms with Gasteiger partial charge in [-0.1, -0.05) is 6.07 Å². The van der Waals surface area contributed by atoms with Crippen molar-refractivity contribution >= 4 is 15.7 Å². The summed E-state index contributed by atoms with van der Waals surface area (Å²) in [5.41, 5.74) is 0.707. The maximum atomic E-state index is 12.4. The first-order valence-electron chi connectivity index (χ1n) is 7.57. The van der Waals surface area contributed by atoms with Crippen LogP contribution in [0.2, 0.25) is 0 Å². The van der Waals surface area contributed by atoms with Gasteiger partial charge >= 0.3 is 0 Å². The number of benzene rings is 1. The molecular weight excluding hydrogens is 344 g/mol. The number of carbonyl (C=O) groups excluding carboxylic acids is 1. The lowest BCUT2D eigenvalue weighted by molar-refractivity contribution is -0.120. The molecule has 0 saturated carbocycles. The van der Waals surface area contributed by atoms with E-state index in [1.165, 1.54) is 32.4 Å². The van der Waals surface area contributed by atoms with E-state index in [-0.39, 0.29) is 29.5 Å². The van der Waals surface area contributed by atoms with E-state index in [0.717, 1.165) is 0 Å². The number of pyridine rings is 1. The van der Waals surface area contributed by atoms with Gasteiger partial charge in [0, 0.05) is 18.7 Å². The van der Waals surface area contributed by atoms with Gasteiger partial charge in [-0.05, 0) is 24.3 Å². The first-order chi connectivity index (χ1) is 12.0. The summed E-state index contributed by atoms with van der Waals surface area (Å²) in [5.74, 6) is 0.115. The molecular formula is C17H20N2O5S. The summed E-state index contributed by atoms with van der Waals surface area (Å²) >= 11 is 0. The highest BCUT2D eigenvalue weighted by atomic mass is 32.2. The molecule has 25 heavy (non-hydrogen) atoms. The van der Waals surface area contributed by atoms with Gasteiger partial charge in [0.05, 0.1) is 37.1 Å². The Kier molecular flexibility index (Phi) is 6.35. The minimum Gasteiger partial charge on any atom is -0.493 e. The van der Waals surface area contributed by atoms with Gasteiger partial charge in [0.2, 0.25) is 5.91 Å². The quantitative estimate of drug-likeness (QED) is 0.764. The number of nitrogens with zero attached hydrogens (tertiary/aromatic N) is 1. The maximum absolute atomic E-state index is 12.4. The minimum atomic E-state index is -3.61. The molecule has 1 heterocycles. The second-order valence-corrected chi connectivity index (χ2v) is 7.29. The summed E-state index contributed by atoms with van der Waals surface area (Å²) in [6, 6.07) is 9.72. The summed E-state index contributed by atoms with van der Waals surface area (Å²) in [4.78, 5) is 16.0. The molecule has 2 rings (SSSR count). The van der Waals surface area contributed by atoms with Crippen LogP contribution in [0.15, 0.2) is 47.5 Å². The number of methoxy groups -OCH3 is 2. The second kappa shape index (κ2) is 8.48. The number of hydrogen-bond donors (Lipinski definition) is 1. The Bertz CT molecular complexity index is 822. The largest absolute Gasteiger partial charge is 0.493 e. The monoisotopic (exact) mass is 364 g/mol. The Morgan fingerprint density at radius 3 is 2.52 bits per heavy atom. The van der Waals surface area contributed by atoms with Crippen LogP contribution in [0.5, 0.6) is 11.5 Å². The van der Waals surface area contributed by atoms with Crippen LogP contribution in [0.3, 0.4) is 0 Å². The van der Waals surface area contributed by atoms with Gasteiger partial charge in [-0.3, -0.25) is 9.78 Å². The van der Waals surface area contributed by atoms with Crippen molar-refractivity contribution in [2.75, 3.05) is 20.0 Å². The molecule has 0 bridgehead atoms. The van der Waals surface area contributed by atoms with E-state index in [0.29, 0.717) is 17.2 Å². The molecule has 0 spiro atoms. The molecule has 2 aromatic rings. The molecule has 134 valence electrons. The number of carbonyl (C=O) groups is 1. The average Bonchev–Trinajstić information content (AvgIpc) is 2.65. The van der Waals surface area contributed by atoms with Crippen LogP contribution in [0.4, 0.5) is 0 Å². The Morgan fingerprint density at radius 2 is 1.88 bits per heavy atom. The molecule has 1 amide bonds. The lowest BCUT2D eigenvalue weighted by atomic mass is 10.3. The minimum absolute atomic E-state index is 0.0858. The fourth-order valence-corrected chi connectivity index (χ4v) is 3.39. The van der Waals surface area contributed by atoms with E-state index in [1.54, 1.807) is 18.3 Å². The molecule has 0 radical (unpaired) electrons. The van der Waals surface area contributed by atoms with Gasteiger partial charge in [-0.25, -0.2) is 8.42 Å². The molecule has 0 saturated heterocycles. The maximum Gasteiger partial charge on any atom is 0.221 e. The lowest BCUT2D eigenvalue weighted by Crippen LogP contribution is -2.25. The number of ether oxygens (including phenoxy) is 2. The number of rotatable bonds is 8. The molecule has 0 aliphatic carbocycles. The molecule has 0 aliphatic heterocycles. The molecule has 0 unspecified atom stereocenters. The van der Waals surface area contributed by atoms with E-state index in [2.05, 4.69) is 10.3 Å². The molecule has 1 aromatic carbocycles. The van der Waals surface area contributed by atoms with Crippen LogP contribution in [-0.4, -0.2) is 39.3 Å². The SMILES string of the molecule is COc1ccc(S(=O)(=O)CCC(=O)NCc2ccccn2)cc1OC. The molecule has 8 heteroatoms. The Labute approximate surface area is 146 Å². The third kappa shape index (κ3) is 5.18. The Hall–Kier alpha value is -2.61. The summed E-state index contributed by atoms with van der Waals surface area (Å²) in [5, 5.41) is 2.65. The topological polar surface area (TPSA) is 94.6 Å². The van der Waals surface area contributed by atoms with Crippen molar-refractivity contribution < 1.29 is 22.7 Å². The first kappa shape index (κ1) is 18.7. The Balaban J connectivity index is 1.95. The van der Waals surface area contributed by atoms with Crippen LogP contribution in [0.25, 0.3) is 0 Å². The zero-order chi connectivity index (χ0) is 18.3. The highest BCUT2D eigenvalue weighted by molar-refractivity contribution is 7.91. The predicted octanol–water partition coefficient (Wildman–Crippen LogP) is 1.58. The van der Waals surface area contributed by atoms with E-state index < -0.39 is 9.84 Å². The van der Waals surface area contributed by atoms with Crippen molar-refractivity contribution in [3.8, 4) is 11.5 Å². The van der Waals surface area contributed by atoms with E-state index >= 15 is 0 Å². The number of hydrogen-bond acceptors (Lipinski definition) is 6. The van der Waals surface area contributed by atoms with Crippen LogP contribution in [0, 0.1) is 0 Å². The van der Waals surface area contributed by atoms with Crippen LogP contribution < -0.4 is 14.8 Å². The zero-order valence-corrected chi connectivity index (χ0v) is 14.9. The van der Waals surface area contributed by atoms with Crippen molar-refractivity contribution in [2.45, 2.75) is 17.9 Å². The van der Waals surface area contributed by atoms with Crippen molar-refractivity contribution in [1.29, 1.82) is 0 Å². The fourth-order valence-electron chi connectivity index (χ4n) is 2.14. The van der Waals surface area contributed by atoms with Gasteiger partial charge in [-0.2, -0.15) is 0 Å². The van der Waals surface area contributed by atoms with E-state index in [1.807, 2.05) is 6.07 Å². The van der Waals surface area contributed by atoms with Crippen molar-refractivity contribution in [2.24, 2.45) is 0 Å². The highest BCUT2D eigenvalue weighted by Crippen LogP contribution is 2.29. The van der Waals surface area contributed by atoms with Gasteiger partial charge in [0.15, 0.2) is 21.3 Å². The van der Waals surface area contributed by atoms with Crippen molar-refractivity contribution in [3.05, 3.63) is 48.3 Å². The zero-order valence-electron chi connectivity index (χ0n) is 14.1.